The second kappa shape index (κ2) is 7.76. The lowest BCUT2D eigenvalue weighted by Crippen LogP contribution is -2.37. The molecule has 7 nitrogen and oxygen atoms in total. The number of aryl methyl sites for hydroxylation is 1. The summed E-state index contributed by atoms with van der Waals surface area (Å²) in [6, 6.07) is 2.73. The summed E-state index contributed by atoms with van der Waals surface area (Å²) in [6.07, 6.45) is 0.00272. The first kappa shape index (κ1) is 16.3. The molecule has 1 atom stereocenters. The zero-order valence-corrected chi connectivity index (χ0v) is 12.1. The van der Waals surface area contributed by atoms with Crippen molar-refractivity contribution >= 4 is 5.91 Å². The normalized spacial score (nSPS) is 12.2. The van der Waals surface area contributed by atoms with Gasteiger partial charge in [-0.1, -0.05) is 6.92 Å². The van der Waals surface area contributed by atoms with Crippen LogP contribution >= 0.6 is 0 Å². The molecule has 1 rings (SSSR count). The number of nitrogens with zero attached hydrogens (tertiary/aromatic N) is 3. The van der Waals surface area contributed by atoms with Gasteiger partial charge in [-0.25, -0.2) is 4.68 Å². The van der Waals surface area contributed by atoms with Crippen LogP contribution in [0.4, 0.5) is 0 Å². The minimum Gasteiger partial charge on any atom is -0.389 e. The molecular formula is C13H21N3O4. The smallest absolute Gasteiger partial charge is 0.274 e. The van der Waals surface area contributed by atoms with E-state index < -0.39 is 6.10 Å². The van der Waals surface area contributed by atoms with Gasteiger partial charge in [0.15, 0.2) is 0 Å². The van der Waals surface area contributed by atoms with Crippen molar-refractivity contribution in [1.29, 1.82) is 0 Å². The molecule has 0 bridgehead atoms. The molecule has 0 aromatic carbocycles. The lowest BCUT2D eigenvalue weighted by molar-refractivity contribution is 0.0377. The van der Waals surface area contributed by atoms with Crippen molar-refractivity contribution in [1.82, 2.24) is 14.7 Å². The maximum absolute atomic E-state index is 12.1. The summed E-state index contributed by atoms with van der Waals surface area (Å²) in [6.45, 7) is 2.69. The van der Waals surface area contributed by atoms with Crippen molar-refractivity contribution in [2.75, 3.05) is 27.3 Å². The molecule has 7 heteroatoms. The first-order valence-electron chi connectivity index (χ1n) is 6.50. The van der Waals surface area contributed by atoms with Gasteiger partial charge in [0.1, 0.15) is 5.69 Å². The number of hydrogen-bond acceptors (Lipinski definition) is 5. The molecule has 0 fully saturated rings. The van der Waals surface area contributed by atoms with Crippen LogP contribution in [0, 0.1) is 0 Å². The fraction of sp³-hybridized carbons (Fsp3) is 0.615. The number of aromatic nitrogens is 2. The van der Waals surface area contributed by atoms with E-state index in [1.807, 2.05) is 6.92 Å². The van der Waals surface area contributed by atoms with E-state index >= 15 is 0 Å². The largest absolute Gasteiger partial charge is 0.389 e. The minimum atomic E-state index is -0.754. The third kappa shape index (κ3) is 4.43. The Morgan fingerprint density at radius 2 is 2.25 bits per heavy atom. The summed E-state index contributed by atoms with van der Waals surface area (Å²) < 4.78 is 6.08. The minimum absolute atomic E-state index is 0.140. The molecular weight excluding hydrogens is 262 g/mol. The van der Waals surface area contributed by atoms with E-state index in [0.29, 0.717) is 6.54 Å². The Morgan fingerprint density at radius 3 is 2.85 bits per heavy atom. The standard InChI is InChI=1S/C13H21N3O4/c1-4-7-16-12(18)6-5-11(14-16)13(19)15(2)8-10(17)9-20-3/h5-6,10,17H,4,7-9H2,1-3H3. The zero-order valence-electron chi connectivity index (χ0n) is 12.1. The van der Waals surface area contributed by atoms with Crippen LogP contribution < -0.4 is 5.56 Å². The topological polar surface area (TPSA) is 84.7 Å². The highest BCUT2D eigenvalue weighted by molar-refractivity contribution is 5.91. The molecule has 0 spiro atoms. The average Bonchev–Trinajstić information content (AvgIpc) is 2.41. The van der Waals surface area contributed by atoms with Crippen molar-refractivity contribution in [3.63, 3.8) is 0 Å². The number of amides is 1. The molecule has 0 saturated carbocycles. The number of aliphatic hydroxyl groups is 1. The number of likely N-dealkylation sites (N-methyl/N-ethyl adjacent to an activating group) is 1. The molecule has 0 radical (unpaired) electrons. The Labute approximate surface area is 117 Å². The second-order valence-electron chi connectivity index (χ2n) is 4.57. The summed E-state index contributed by atoms with van der Waals surface area (Å²) in [5.74, 6) is -0.343. The summed E-state index contributed by atoms with van der Waals surface area (Å²) in [5.41, 5.74) is -0.0457. The van der Waals surface area contributed by atoms with Crippen molar-refractivity contribution in [2.24, 2.45) is 0 Å². The van der Waals surface area contributed by atoms with E-state index in [1.165, 1.54) is 28.8 Å². The van der Waals surface area contributed by atoms with Crippen molar-refractivity contribution in [3.8, 4) is 0 Å². The monoisotopic (exact) mass is 283 g/mol. The summed E-state index contributed by atoms with van der Waals surface area (Å²) in [5, 5.41) is 13.6. The van der Waals surface area contributed by atoms with Gasteiger partial charge in [-0.05, 0) is 12.5 Å². The summed E-state index contributed by atoms with van der Waals surface area (Å²) in [4.78, 5) is 25.0. The number of aliphatic hydroxyl groups excluding tert-OH is 1. The number of methoxy groups -OCH3 is 1. The van der Waals surface area contributed by atoms with Gasteiger partial charge in [0, 0.05) is 33.3 Å². The van der Waals surface area contributed by atoms with Crippen LogP contribution in [0.3, 0.4) is 0 Å². The van der Waals surface area contributed by atoms with Crippen molar-refractivity contribution < 1.29 is 14.6 Å². The highest BCUT2D eigenvalue weighted by atomic mass is 16.5. The van der Waals surface area contributed by atoms with Crippen LogP contribution in [0.1, 0.15) is 23.8 Å². The Morgan fingerprint density at radius 1 is 1.55 bits per heavy atom. The van der Waals surface area contributed by atoms with Gasteiger partial charge in [0.25, 0.3) is 11.5 Å². The number of carbonyl (C=O) groups excluding carboxylic acids is 1. The van der Waals surface area contributed by atoms with E-state index in [1.54, 1.807) is 7.05 Å². The van der Waals surface area contributed by atoms with Gasteiger partial charge in [0.05, 0.1) is 12.7 Å². The summed E-state index contributed by atoms with van der Waals surface area (Å²) in [7, 11) is 3.05. The fourth-order valence-corrected chi connectivity index (χ4v) is 1.77. The molecule has 1 aromatic heterocycles. The number of rotatable bonds is 7. The van der Waals surface area contributed by atoms with E-state index in [9.17, 15) is 14.7 Å². The van der Waals surface area contributed by atoms with Crippen LogP contribution in [-0.4, -0.2) is 59.1 Å². The molecule has 20 heavy (non-hydrogen) atoms. The molecule has 112 valence electrons. The first-order chi connectivity index (χ1) is 9.49. The molecule has 1 aromatic rings. The highest BCUT2D eigenvalue weighted by Gasteiger charge is 2.17. The SMILES string of the molecule is CCCn1nc(C(=O)N(C)CC(O)COC)ccc1=O. The molecule has 1 heterocycles. The van der Waals surface area contributed by atoms with Gasteiger partial charge in [0.2, 0.25) is 0 Å². The van der Waals surface area contributed by atoms with E-state index in [4.69, 9.17) is 4.74 Å². The Hall–Kier alpha value is -1.73. The molecule has 1 amide bonds. The fourth-order valence-electron chi connectivity index (χ4n) is 1.77. The molecule has 0 aliphatic heterocycles. The first-order valence-corrected chi connectivity index (χ1v) is 6.50. The van der Waals surface area contributed by atoms with Crippen molar-refractivity contribution in [2.45, 2.75) is 26.0 Å². The summed E-state index contributed by atoms with van der Waals surface area (Å²) >= 11 is 0. The predicted octanol–water partition coefficient (Wildman–Crippen LogP) is -0.267. The van der Waals surface area contributed by atoms with Gasteiger partial charge in [-0.3, -0.25) is 9.59 Å². The lowest BCUT2D eigenvalue weighted by atomic mass is 10.3. The quantitative estimate of drug-likeness (QED) is 0.745. The van der Waals surface area contributed by atoms with Crippen LogP contribution in [0.15, 0.2) is 16.9 Å². The molecule has 1 N–H and O–H groups in total. The maximum atomic E-state index is 12.1. The van der Waals surface area contributed by atoms with E-state index in [2.05, 4.69) is 5.10 Å². The lowest BCUT2D eigenvalue weighted by Gasteiger charge is -2.20. The van der Waals surface area contributed by atoms with Gasteiger partial charge in [-0.2, -0.15) is 5.10 Å². The van der Waals surface area contributed by atoms with Crippen LogP contribution in [0.2, 0.25) is 0 Å². The maximum Gasteiger partial charge on any atom is 0.274 e. The second-order valence-corrected chi connectivity index (χ2v) is 4.57. The predicted molar refractivity (Wildman–Crippen MR) is 73.6 cm³/mol. The van der Waals surface area contributed by atoms with Crippen LogP contribution in [-0.2, 0) is 11.3 Å². The van der Waals surface area contributed by atoms with Crippen LogP contribution in [0.25, 0.3) is 0 Å². The van der Waals surface area contributed by atoms with E-state index in [-0.39, 0.29) is 30.3 Å². The van der Waals surface area contributed by atoms with Gasteiger partial charge in [-0.15, -0.1) is 0 Å². The van der Waals surface area contributed by atoms with Crippen molar-refractivity contribution in [3.05, 3.63) is 28.2 Å². The number of ether oxygens (including phenoxy) is 1. The Bertz CT molecular complexity index is 501. The Kier molecular flexibility index (Phi) is 6.33. The number of carbonyl (C=O) groups is 1. The van der Waals surface area contributed by atoms with E-state index in [0.717, 1.165) is 6.42 Å². The Balaban J connectivity index is 2.81. The third-order valence-corrected chi connectivity index (χ3v) is 2.71. The zero-order chi connectivity index (χ0) is 15.1. The number of hydrogen-bond donors (Lipinski definition) is 1. The molecule has 0 aliphatic rings. The molecule has 0 saturated heterocycles. The average molecular weight is 283 g/mol. The molecule has 0 aliphatic carbocycles. The van der Waals surface area contributed by atoms with Crippen LogP contribution in [0.5, 0.6) is 0 Å². The van der Waals surface area contributed by atoms with Gasteiger partial charge >= 0.3 is 0 Å². The molecule has 1 unspecified atom stereocenters. The third-order valence-electron chi connectivity index (χ3n) is 2.71. The van der Waals surface area contributed by atoms with Gasteiger partial charge < -0.3 is 14.7 Å². The highest BCUT2D eigenvalue weighted by Crippen LogP contribution is 2.00.